The van der Waals surface area contributed by atoms with Crippen LogP contribution in [0.3, 0.4) is 0 Å². The highest BCUT2D eigenvalue weighted by molar-refractivity contribution is 5.86. The van der Waals surface area contributed by atoms with Crippen molar-refractivity contribution in [1.82, 2.24) is 19.9 Å². The molecule has 1 amide bonds. The second-order valence-corrected chi connectivity index (χ2v) is 6.39. The van der Waals surface area contributed by atoms with Gasteiger partial charge in [-0.05, 0) is 33.6 Å². The maximum absolute atomic E-state index is 12.4. The number of carboxylic acid groups (broad SMARTS) is 1. The van der Waals surface area contributed by atoms with Gasteiger partial charge in [0.05, 0.1) is 6.20 Å². The molecule has 1 saturated heterocycles. The molecule has 9 heteroatoms. The van der Waals surface area contributed by atoms with Crippen molar-refractivity contribution < 1.29 is 24.2 Å². The summed E-state index contributed by atoms with van der Waals surface area (Å²) < 4.78 is 6.49. The second-order valence-electron chi connectivity index (χ2n) is 6.39. The lowest BCUT2D eigenvalue weighted by atomic mass is 10.1. The Kier molecular flexibility index (Phi) is 4.67. The number of hydrogen-bond donors (Lipinski definition) is 1. The normalized spacial score (nSPS) is 18.0. The third-order valence-corrected chi connectivity index (χ3v) is 3.31. The molecule has 2 heterocycles. The zero-order valence-corrected chi connectivity index (χ0v) is 13.4. The van der Waals surface area contributed by atoms with Gasteiger partial charge in [-0.2, -0.15) is 0 Å². The monoisotopic (exact) mass is 324 g/mol. The quantitative estimate of drug-likeness (QED) is 0.792. The van der Waals surface area contributed by atoms with Gasteiger partial charge in [-0.25, -0.2) is 14.3 Å². The van der Waals surface area contributed by atoms with E-state index < -0.39 is 23.6 Å². The lowest BCUT2D eigenvalue weighted by Crippen LogP contribution is -2.44. The summed E-state index contributed by atoms with van der Waals surface area (Å²) in [4.78, 5) is 36.8. The van der Waals surface area contributed by atoms with Crippen molar-refractivity contribution in [3.63, 3.8) is 0 Å². The fourth-order valence-electron chi connectivity index (χ4n) is 2.38. The highest BCUT2D eigenvalue weighted by Gasteiger charge is 2.36. The minimum Gasteiger partial charge on any atom is -0.476 e. The van der Waals surface area contributed by atoms with Crippen LogP contribution in [-0.4, -0.2) is 61.0 Å². The summed E-state index contributed by atoms with van der Waals surface area (Å²) in [5.41, 5.74) is -0.848. The highest BCUT2D eigenvalue weighted by atomic mass is 16.6. The number of carboxylic acids is 1. The number of likely N-dealkylation sites (tertiary alicyclic amines) is 1. The first-order chi connectivity index (χ1) is 10.7. The van der Waals surface area contributed by atoms with Crippen molar-refractivity contribution in [2.24, 2.45) is 0 Å². The van der Waals surface area contributed by atoms with Crippen molar-refractivity contribution in [1.29, 1.82) is 0 Å². The van der Waals surface area contributed by atoms with Gasteiger partial charge in [0.25, 0.3) is 0 Å². The average molecular weight is 324 g/mol. The van der Waals surface area contributed by atoms with Crippen LogP contribution in [0, 0.1) is 0 Å². The standard InChI is InChI=1S/C14H20N4O5/c1-14(2,3)23-13(22)10-5-4-6-18(10)11(19)8-17-7-9(12(20)21)15-16-17/h7,10H,4-6,8H2,1-3H3,(H,20,21)/t10-/m1/s1. The van der Waals surface area contributed by atoms with E-state index in [1.807, 2.05) is 0 Å². The van der Waals surface area contributed by atoms with Crippen LogP contribution in [0.4, 0.5) is 0 Å². The van der Waals surface area contributed by atoms with Crippen molar-refractivity contribution in [2.75, 3.05) is 6.54 Å². The molecule has 0 spiro atoms. The SMILES string of the molecule is CC(C)(C)OC(=O)[C@H]1CCCN1C(=O)Cn1cc(C(=O)O)nn1. The Hall–Kier alpha value is -2.45. The van der Waals surface area contributed by atoms with E-state index in [1.54, 1.807) is 20.8 Å². The number of aromatic carboxylic acids is 1. The molecule has 0 bridgehead atoms. The molecular weight excluding hydrogens is 304 g/mol. The Labute approximate surface area is 133 Å². The Morgan fingerprint density at radius 3 is 2.65 bits per heavy atom. The zero-order chi connectivity index (χ0) is 17.2. The summed E-state index contributed by atoms with van der Waals surface area (Å²) in [6.07, 6.45) is 2.45. The molecule has 0 aliphatic carbocycles. The summed E-state index contributed by atoms with van der Waals surface area (Å²) in [5, 5.41) is 15.8. The number of aromatic nitrogens is 3. The van der Waals surface area contributed by atoms with E-state index in [0.29, 0.717) is 19.4 Å². The van der Waals surface area contributed by atoms with E-state index in [-0.39, 0.29) is 18.1 Å². The summed E-state index contributed by atoms with van der Waals surface area (Å²) in [5.74, 6) is -1.95. The van der Waals surface area contributed by atoms with Crippen LogP contribution in [0.25, 0.3) is 0 Å². The molecule has 126 valence electrons. The maximum Gasteiger partial charge on any atom is 0.358 e. The number of carbonyl (C=O) groups is 3. The van der Waals surface area contributed by atoms with E-state index in [2.05, 4.69) is 10.3 Å². The number of ether oxygens (including phenoxy) is 1. The van der Waals surface area contributed by atoms with Gasteiger partial charge in [-0.3, -0.25) is 4.79 Å². The van der Waals surface area contributed by atoms with Gasteiger partial charge < -0.3 is 14.7 Å². The fraction of sp³-hybridized carbons (Fsp3) is 0.643. The van der Waals surface area contributed by atoms with Gasteiger partial charge in [0, 0.05) is 6.54 Å². The number of esters is 1. The number of amides is 1. The van der Waals surface area contributed by atoms with Crippen LogP contribution >= 0.6 is 0 Å². The molecule has 2 rings (SSSR count). The molecule has 9 nitrogen and oxygen atoms in total. The van der Waals surface area contributed by atoms with E-state index in [4.69, 9.17) is 9.84 Å². The number of hydrogen-bond acceptors (Lipinski definition) is 6. The van der Waals surface area contributed by atoms with Gasteiger partial charge in [-0.15, -0.1) is 5.10 Å². The lowest BCUT2D eigenvalue weighted by Gasteiger charge is -2.27. The summed E-state index contributed by atoms with van der Waals surface area (Å²) >= 11 is 0. The van der Waals surface area contributed by atoms with E-state index in [0.717, 1.165) is 4.68 Å². The first-order valence-electron chi connectivity index (χ1n) is 7.33. The van der Waals surface area contributed by atoms with Gasteiger partial charge in [0.1, 0.15) is 18.2 Å². The maximum atomic E-state index is 12.4. The molecule has 23 heavy (non-hydrogen) atoms. The third-order valence-electron chi connectivity index (χ3n) is 3.31. The predicted octanol–water partition coefficient (Wildman–Crippen LogP) is 0.309. The van der Waals surface area contributed by atoms with E-state index in [1.165, 1.54) is 11.1 Å². The first kappa shape index (κ1) is 16.9. The smallest absolute Gasteiger partial charge is 0.358 e. The molecule has 1 aromatic rings. The molecular formula is C14H20N4O5. The molecule has 1 aromatic heterocycles. The predicted molar refractivity (Wildman–Crippen MR) is 77.6 cm³/mol. The molecule has 0 unspecified atom stereocenters. The fourth-order valence-corrected chi connectivity index (χ4v) is 2.38. The molecule has 0 radical (unpaired) electrons. The first-order valence-corrected chi connectivity index (χ1v) is 7.33. The largest absolute Gasteiger partial charge is 0.476 e. The highest BCUT2D eigenvalue weighted by Crippen LogP contribution is 2.21. The molecule has 0 aromatic carbocycles. The van der Waals surface area contributed by atoms with Gasteiger partial charge >= 0.3 is 11.9 Å². The zero-order valence-electron chi connectivity index (χ0n) is 13.4. The summed E-state index contributed by atoms with van der Waals surface area (Å²) in [6.45, 7) is 5.61. The van der Waals surface area contributed by atoms with E-state index >= 15 is 0 Å². The van der Waals surface area contributed by atoms with Crippen LogP contribution in [0.5, 0.6) is 0 Å². The number of nitrogens with zero attached hydrogens (tertiary/aromatic N) is 4. The van der Waals surface area contributed by atoms with Crippen molar-refractivity contribution in [3.05, 3.63) is 11.9 Å². The molecule has 0 saturated carbocycles. The summed E-state index contributed by atoms with van der Waals surface area (Å²) in [7, 11) is 0. The van der Waals surface area contributed by atoms with Crippen LogP contribution in [0.2, 0.25) is 0 Å². The Bertz CT molecular complexity index is 619. The van der Waals surface area contributed by atoms with E-state index in [9.17, 15) is 14.4 Å². The lowest BCUT2D eigenvalue weighted by molar-refractivity contribution is -0.163. The van der Waals surface area contributed by atoms with Crippen LogP contribution in [0.1, 0.15) is 44.1 Å². The van der Waals surface area contributed by atoms with Crippen molar-refractivity contribution in [2.45, 2.75) is 51.8 Å². The van der Waals surface area contributed by atoms with Crippen LogP contribution in [-0.2, 0) is 20.9 Å². The molecule has 1 atom stereocenters. The van der Waals surface area contributed by atoms with Crippen LogP contribution < -0.4 is 0 Å². The van der Waals surface area contributed by atoms with Gasteiger partial charge in [0.15, 0.2) is 5.69 Å². The topological polar surface area (TPSA) is 115 Å². The molecule has 1 fully saturated rings. The Balaban J connectivity index is 2.02. The van der Waals surface area contributed by atoms with Crippen LogP contribution in [0.15, 0.2) is 6.20 Å². The summed E-state index contributed by atoms with van der Waals surface area (Å²) in [6, 6.07) is -0.607. The average Bonchev–Trinajstić information content (AvgIpc) is 3.04. The molecule has 1 aliphatic rings. The second kappa shape index (κ2) is 6.35. The number of carbonyl (C=O) groups excluding carboxylic acids is 2. The third kappa shape index (κ3) is 4.27. The van der Waals surface area contributed by atoms with Gasteiger partial charge in [-0.1, -0.05) is 5.21 Å². The van der Waals surface area contributed by atoms with Crippen molar-refractivity contribution in [3.8, 4) is 0 Å². The molecule has 1 N–H and O–H groups in total. The minimum absolute atomic E-state index is 0.167. The van der Waals surface area contributed by atoms with Crippen molar-refractivity contribution >= 4 is 17.8 Å². The number of rotatable bonds is 4. The Morgan fingerprint density at radius 2 is 2.09 bits per heavy atom. The minimum atomic E-state index is -1.21. The Morgan fingerprint density at radius 1 is 1.39 bits per heavy atom. The molecule has 1 aliphatic heterocycles. The van der Waals surface area contributed by atoms with Gasteiger partial charge in [0.2, 0.25) is 5.91 Å².